The SMILES string of the molecule is CCn1ncnc1CC(CSc1ccc(C)cc1)NN. The number of aromatic nitrogens is 3. The van der Waals surface area contributed by atoms with E-state index in [4.69, 9.17) is 5.84 Å². The number of benzene rings is 1. The summed E-state index contributed by atoms with van der Waals surface area (Å²) in [6.45, 7) is 4.98. The van der Waals surface area contributed by atoms with E-state index in [-0.39, 0.29) is 6.04 Å². The van der Waals surface area contributed by atoms with Crippen LogP contribution in [-0.2, 0) is 13.0 Å². The van der Waals surface area contributed by atoms with E-state index in [1.165, 1.54) is 10.5 Å². The van der Waals surface area contributed by atoms with Gasteiger partial charge in [0.2, 0.25) is 0 Å². The molecule has 1 aromatic carbocycles. The molecule has 0 spiro atoms. The second-order valence-electron chi connectivity index (χ2n) is 4.68. The van der Waals surface area contributed by atoms with Gasteiger partial charge in [-0.1, -0.05) is 17.7 Å². The average molecular weight is 291 g/mol. The number of thioether (sulfide) groups is 1. The number of aryl methyl sites for hydroxylation is 2. The Morgan fingerprint density at radius 2 is 2.10 bits per heavy atom. The molecule has 0 aliphatic heterocycles. The fourth-order valence-electron chi connectivity index (χ4n) is 1.93. The van der Waals surface area contributed by atoms with Gasteiger partial charge in [-0.05, 0) is 26.0 Å². The lowest BCUT2D eigenvalue weighted by atomic mass is 10.2. The maximum atomic E-state index is 5.65. The van der Waals surface area contributed by atoms with Gasteiger partial charge >= 0.3 is 0 Å². The normalized spacial score (nSPS) is 12.6. The van der Waals surface area contributed by atoms with Crippen molar-refractivity contribution in [2.24, 2.45) is 5.84 Å². The first-order chi connectivity index (χ1) is 9.72. The smallest absolute Gasteiger partial charge is 0.138 e. The molecule has 1 heterocycles. The molecule has 0 amide bonds. The van der Waals surface area contributed by atoms with E-state index in [0.29, 0.717) is 0 Å². The summed E-state index contributed by atoms with van der Waals surface area (Å²) in [5, 5.41) is 4.18. The Morgan fingerprint density at radius 1 is 1.35 bits per heavy atom. The van der Waals surface area contributed by atoms with E-state index in [1.807, 2.05) is 4.68 Å². The lowest BCUT2D eigenvalue weighted by Gasteiger charge is -2.15. The van der Waals surface area contributed by atoms with Gasteiger partial charge in [0.1, 0.15) is 12.2 Å². The van der Waals surface area contributed by atoms with Crippen molar-refractivity contribution < 1.29 is 0 Å². The number of nitrogens with two attached hydrogens (primary N) is 1. The highest BCUT2D eigenvalue weighted by Crippen LogP contribution is 2.19. The zero-order valence-electron chi connectivity index (χ0n) is 11.9. The summed E-state index contributed by atoms with van der Waals surface area (Å²) in [5.74, 6) is 7.52. The highest BCUT2D eigenvalue weighted by atomic mass is 32.2. The number of nitrogens with one attached hydrogen (secondary N) is 1. The van der Waals surface area contributed by atoms with Gasteiger partial charge in [0.15, 0.2) is 0 Å². The first-order valence-electron chi connectivity index (χ1n) is 6.75. The van der Waals surface area contributed by atoms with E-state index < -0.39 is 0 Å². The second-order valence-corrected chi connectivity index (χ2v) is 5.78. The highest BCUT2D eigenvalue weighted by Gasteiger charge is 2.12. The Kier molecular flexibility index (Phi) is 5.58. The second kappa shape index (κ2) is 7.42. The minimum absolute atomic E-state index is 0.177. The predicted molar refractivity (Wildman–Crippen MR) is 82.4 cm³/mol. The molecule has 0 bridgehead atoms. The molecule has 0 saturated heterocycles. The fraction of sp³-hybridized carbons (Fsp3) is 0.429. The molecule has 0 aliphatic carbocycles. The molecule has 0 saturated carbocycles. The topological polar surface area (TPSA) is 68.8 Å². The van der Waals surface area contributed by atoms with E-state index in [1.54, 1.807) is 18.1 Å². The van der Waals surface area contributed by atoms with Gasteiger partial charge in [0.05, 0.1) is 0 Å². The molecule has 0 aliphatic rings. The van der Waals surface area contributed by atoms with Crippen LogP contribution in [0.5, 0.6) is 0 Å². The molecule has 1 aromatic heterocycles. The maximum absolute atomic E-state index is 5.65. The zero-order valence-corrected chi connectivity index (χ0v) is 12.7. The van der Waals surface area contributed by atoms with Crippen LogP contribution in [-0.4, -0.2) is 26.6 Å². The maximum Gasteiger partial charge on any atom is 0.138 e. The number of nitrogens with zero attached hydrogens (tertiary/aromatic N) is 3. The summed E-state index contributed by atoms with van der Waals surface area (Å²) in [5.41, 5.74) is 4.15. The van der Waals surface area contributed by atoms with Crippen LogP contribution in [0, 0.1) is 6.92 Å². The summed E-state index contributed by atoms with van der Waals surface area (Å²) in [6.07, 6.45) is 2.38. The van der Waals surface area contributed by atoms with Crippen LogP contribution < -0.4 is 11.3 Å². The number of hydrogen-bond acceptors (Lipinski definition) is 5. The number of hydrazine groups is 1. The standard InChI is InChI=1S/C14H21N5S/c1-3-19-14(16-10-17-19)8-12(18-15)9-20-13-6-4-11(2)5-7-13/h4-7,10,12,18H,3,8-9,15H2,1-2H3. The first kappa shape index (κ1) is 15.0. The third-order valence-corrected chi connectivity index (χ3v) is 4.31. The molecule has 1 unspecified atom stereocenters. The van der Waals surface area contributed by atoms with Crippen molar-refractivity contribution in [2.45, 2.75) is 37.8 Å². The number of hydrogen-bond donors (Lipinski definition) is 2. The van der Waals surface area contributed by atoms with Crippen molar-refractivity contribution in [3.8, 4) is 0 Å². The van der Waals surface area contributed by atoms with Gasteiger partial charge in [0.25, 0.3) is 0 Å². The molecular formula is C14H21N5S. The minimum Gasteiger partial charge on any atom is -0.271 e. The van der Waals surface area contributed by atoms with Crippen LogP contribution in [0.15, 0.2) is 35.5 Å². The van der Waals surface area contributed by atoms with Gasteiger partial charge in [-0.15, -0.1) is 11.8 Å². The number of rotatable bonds is 7. The summed E-state index contributed by atoms with van der Waals surface area (Å²) in [7, 11) is 0. The van der Waals surface area contributed by atoms with Crippen molar-refractivity contribution in [1.29, 1.82) is 0 Å². The average Bonchev–Trinajstić information content (AvgIpc) is 2.92. The largest absolute Gasteiger partial charge is 0.271 e. The van der Waals surface area contributed by atoms with E-state index in [2.05, 4.69) is 53.6 Å². The van der Waals surface area contributed by atoms with Crippen molar-refractivity contribution in [1.82, 2.24) is 20.2 Å². The van der Waals surface area contributed by atoms with E-state index >= 15 is 0 Å². The van der Waals surface area contributed by atoms with Crippen LogP contribution >= 0.6 is 11.8 Å². The van der Waals surface area contributed by atoms with Crippen molar-refractivity contribution >= 4 is 11.8 Å². The zero-order chi connectivity index (χ0) is 14.4. The Hall–Kier alpha value is -1.37. The van der Waals surface area contributed by atoms with Crippen LogP contribution in [0.1, 0.15) is 18.3 Å². The summed E-state index contributed by atoms with van der Waals surface area (Å²) < 4.78 is 1.90. The minimum atomic E-state index is 0.177. The summed E-state index contributed by atoms with van der Waals surface area (Å²) in [6, 6.07) is 8.71. The predicted octanol–water partition coefficient (Wildman–Crippen LogP) is 1.77. The van der Waals surface area contributed by atoms with Gasteiger partial charge in [-0.2, -0.15) is 5.10 Å². The fourth-order valence-corrected chi connectivity index (χ4v) is 2.86. The highest BCUT2D eigenvalue weighted by molar-refractivity contribution is 7.99. The van der Waals surface area contributed by atoms with Crippen LogP contribution in [0.2, 0.25) is 0 Å². The Morgan fingerprint density at radius 3 is 2.75 bits per heavy atom. The monoisotopic (exact) mass is 291 g/mol. The molecule has 108 valence electrons. The summed E-state index contributed by atoms with van der Waals surface area (Å²) >= 11 is 1.80. The molecule has 2 rings (SSSR count). The van der Waals surface area contributed by atoms with Gasteiger partial charge in [0, 0.05) is 29.7 Å². The third kappa shape index (κ3) is 4.06. The van der Waals surface area contributed by atoms with Crippen molar-refractivity contribution in [3.63, 3.8) is 0 Å². The molecule has 0 radical (unpaired) electrons. The third-order valence-electron chi connectivity index (χ3n) is 3.13. The van der Waals surface area contributed by atoms with Crippen molar-refractivity contribution in [3.05, 3.63) is 42.0 Å². The Bertz CT molecular complexity index is 523. The van der Waals surface area contributed by atoms with Gasteiger partial charge in [-0.25, -0.2) is 4.98 Å². The molecule has 1 atom stereocenters. The molecule has 20 heavy (non-hydrogen) atoms. The molecular weight excluding hydrogens is 270 g/mol. The quantitative estimate of drug-likeness (QED) is 0.462. The molecule has 0 fully saturated rings. The molecule has 5 nitrogen and oxygen atoms in total. The van der Waals surface area contributed by atoms with Crippen LogP contribution in [0.4, 0.5) is 0 Å². The first-order valence-corrected chi connectivity index (χ1v) is 7.73. The molecule has 3 N–H and O–H groups in total. The van der Waals surface area contributed by atoms with Crippen LogP contribution in [0.3, 0.4) is 0 Å². The van der Waals surface area contributed by atoms with E-state index in [9.17, 15) is 0 Å². The van der Waals surface area contributed by atoms with Crippen LogP contribution in [0.25, 0.3) is 0 Å². The van der Waals surface area contributed by atoms with Gasteiger partial charge in [-0.3, -0.25) is 16.0 Å². The molecule has 2 aromatic rings. The lowest BCUT2D eigenvalue weighted by molar-refractivity contribution is 0.527. The van der Waals surface area contributed by atoms with E-state index in [0.717, 1.165) is 24.5 Å². The van der Waals surface area contributed by atoms with Gasteiger partial charge < -0.3 is 0 Å². The Balaban J connectivity index is 1.90. The summed E-state index contributed by atoms with van der Waals surface area (Å²) in [4.78, 5) is 5.55. The molecule has 6 heteroatoms. The van der Waals surface area contributed by atoms with Crippen molar-refractivity contribution in [2.75, 3.05) is 5.75 Å². The lowest BCUT2D eigenvalue weighted by Crippen LogP contribution is -2.39. The Labute approximate surface area is 123 Å².